The molecule has 1 amide bonds. The van der Waals surface area contributed by atoms with Crippen LogP contribution in [-0.2, 0) is 4.74 Å². The molecule has 29 heavy (non-hydrogen) atoms. The average Bonchev–Trinajstić information content (AvgIpc) is 3.31. The summed E-state index contributed by atoms with van der Waals surface area (Å²) >= 11 is 3.02. The number of amides is 1. The van der Waals surface area contributed by atoms with Gasteiger partial charge in [-0.15, -0.1) is 11.3 Å². The van der Waals surface area contributed by atoms with Crippen LogP contribution in [0.4, 0.5) is 9.93 Å². The zero-order valence-corrected chi connectivity index (χ0v) is 18.5. The van der Waals surface area contributed by atoms with Gasteiger partial charge in [0.25, 0.3) is 0 Å². The van der Waals surface area contributed by atoms with E-state index in [0.717, 1.165) is 25.9 Å². The number of aromatic hydroxyl groups is 1. The van der Waals surface area contributed by atoms with E-state index in [0.29, 0.717) is 19.6 Å². The van der Waals surface area contributed by atoms with Crippen LogP contribution in [0, 0.1) is 0 Å². The van der Waals surface area contributed by atoms with Crippen molar-refractivity contribution in [3.8, 4) is 16.3 Å². The number of fused-ring (bicyclic) bond motifs is 1. The molecule has 1 saturated heterocycles. The minimum Gasteiger partial charge on any atom is -0.506 e. The van der Waals surface area contributed by atoms with E-state index in [4.69, 9.17) is 9.72 Å². The molecule has 1 aromatic carbocycles. The van der Waals surface area contributed by atoms with E-state index in [1.807, 2.05) is 39.1 Å². The maximum atomic E-state index is 12.5. The summed E-state index contributed by atoms with van der Waals surface area (Å²) in [7, 11) is 0. The van der Waals surface area contributed by atoms with E-state index in [-0.39, 0.29) is 17.9 Å². The van der Waals surface area contributed by atoms with Gasteiger partial charge in [-0.2, -0.15) is 0 Å². The predicted molar refractivity (Wildman–Crippen MR) is 117 cm³/mol. The number of rotatable bonds is 2. The van der Waals surface area contributed by atoms with Gasteiger partial charge in [0.1, 0.15) is 16.4 Å². The molecule has 2 aromatic heterocycles. The van der Waals surface area contributed by atoms with E-state index in [2.05, 4.69) is 9.88 Å². The molecule has 1 atom stereocenters. The van der Waals surface area contributed by atoms with E-state index in [1.54, 1.807) is 28.5 Å². The fraction of sp³-hybridized carbons (Fsp3) is 0.450. The third-order valence-corrected chi connectivity index (χ3v) is 6.65. The Balaban J connectivity index is 1.58. The molecular weight excluding hydrogens is 408 g/mol. The quantitative estimate of drug-likeness (QED) is 0.639. The maximum absolute atomic E-state index is 12.5. The normalized spacial score (nSPS) is 17.7. The molecule has 0 spiro atoms. The zero-order valence-electron chi connectivity index (χ0n) is 16.9. The molecule has 1 aliphatic heterocycles. The Morgan fingerprint density at radius 2 is 2.10 bits per heavy atom. The Kier molecular flexibility index (Phi) is 5.12. The van der Waals surface area contributed by atoms with Crippen molar-refractivity contribution in [3.05, 3.63) is 23.7 Å². The molecule has 0 saturated carbocycles. The van der Waals surface area contributed by atoms with E-state index in [9.17, 15) is 9.90 Å². The second-order valence-corrected chi connectivity index (χ2v) is 9.98. The fourth-order valence-electron chi connectivity index (χ4n) is 3.37. The van der Waals surface area contributed by atoms with Crippen LogP contribution < -0.4 is 4.90 Å². The van der Waals surface area contributed by atoms with E-state index < -0.39 is 5.60 Å². The van der Waals surface area contributed by atoms with Crippen LogP contribution in [0.2, 0.25) is 0 Å². The number of phenols is 1. The van der Waals surface area contributed by atoms with Gasteiger partial charge in [0.05, 0.1) is 10.2 Å². The first-order chi connectivity index (χ1) is 13.7. The maximum Gasteiger partial charge on any atom is 0.410 e. The summed E-state index contributed by atoms with van der Waals surface area (Å²) in [4.78, 5) is 25.6. The highest BCUT2D eigenvalue weighted by molar-refractivity contribution is 7.22. The van der Waals surface area contributed by atoms with Crippen molar-refractivity contribution in [2.45, 2.75) is 39.3 Å². The highest BCUT2D eigenvalue weighted by atomic mass is 32.1. The lowest BCUT2D eigenvalue weighted by Crippen LogP contribution is -2.55. The first-order valence-corrected chi connectivity index (χ1v) is 11.2. The van der Waals surface area contributed by atoms with Gasteiger partial charge < -0.3 is 19.6 Å². The highest BCUT2D eigenvalue weighted by Crippen LogP contribution is 2.41. The number of piperazine rings is 1. The van der Waals surface area contributed by atoms with Crippen molar-refractivity contribution >= 4 is 44.1 Å². The summed E-state index contributed by atoms with van der Waals surface area (Å²) in [6.07, 6.45) is 1.49. The average molecular weight is 433 g/mol. The molecule has 7 nitrogen and oxygen atoms in total. The van der Waals surface area contributed by atoms with Crippen molar-refractivity contribution in [1.29, 1.82) is 0 Å². The van der Waals surface area contributed by atoms with Crippen LogP contribution in [0.5, 0.6) is 5.75 Å². The largest absolute Gasteiger partial charge is 0.506 e. The number of benzene rings is 1. The summed E-state index contributed by atoms with van der Waals surface area (Å²) in [6.45, 7) is 9.53. The second-order valence-electron chi connectivity index (χ2n) is 8.11. The molecule has 3 heterocycles. The molecule has 0 aliphatic carbocycles. The van der Waals surface area contributed by atoms with E-state index >= 15 is 0 Å². The smallest absolute Gasteiger partial charge is 0.410 e. The number of ether oxygens (including phenoxy) is 1. The van der Waals surface area contributed by atoms with Crippen molar-refractivity contribution in [2.24, 2.45) is 0 Å². The van der Waals surface area contributed by atoms with Crippen LogP contribution in [-0.4, -0.2) is 57.3 Å². The van der Waals surface area contributed by atoms with Crippen LogP contribution in [0.25, 0.3) is 20.8 Å². The minimum absolute atomic E-state index is 0.00218. The predicted octanol–water partition coefficient (Wildman–Crippen LogP) is 4.57. The first-order valence-electron chi connectivity index (χ1n) is 9.50. The van der Waals surface area contributed by atoms with Crippen LogP contribution in [0.15, 0.2) is 23.7 Å². The lowest BCUT2D eigenvalue weighted by Gasteiger charge is -2.40. The molecule has 1 aliphatic rings. The topological polar surface area (TPSA) is 78.8 Å². The molecule has 4 rings (SSSR count). The van der Waals surface area contributed by atoms with Gasteiger partial charge in [-0.1, -0.05) is 11.3 Å². The Bertz CT molecular complexity index is 1030. The minimum atomic E-state index is -0.509. The van der Waals surface area contributed by atoms with Crippen LogP contribution in [0.1, 0.15) is 27.7 Å². The molecule has 1 N–H and O–H groups in total. The molecule has 0 unspecified atom stereocenters. The fourth-order valence-corrected chi connectivity index (χ4v) is 5.07. The number of hydrogen-bond donors (Lipinski definition) is 1. The Hall–Kier alpha value is -2.39. The monoisotopic (exact) mass is 432 g/mol. The van der Waals surface area contributed by atoms with Gasteiger partial charge in [-0.3, -0.25) is 0 Å². The van der Waals surface area contributed by atoms with Crippen molar-refractivity contribution in [3.63, 3.8) is 0 Å². The summed E-state index contributed by atoms with van der Waals surface area (Å²) in [5.74, 6) is 0.226. The van der Waals surface area contributed by atoms with Crippen molar-refractivity contribution in [1.82, 2.24) is 14.9 Å². The second kappa shape index (κ2) is 7.46. The number of carbonyl (C=O) groups excluding carboxylic acids is 1. The summed E-state index contributed by atoms with van der Waals surface area (Å²) in [5.41, 5.74) is 1.18. The first kappa shape index (κ1) is 19.9. The molecular formula is C20H24N4O3S2. The Labute approximate surface area is 177 Å². The molecule has 1 fully saturated rings. The molecule has 9 heteroatoms. The van der Waals surface area contributed by atoms with Gasteiger partial charge in [-0.25, -0.2) is 14.8 Å². The summed E-state index contributed by atoms with van der Waals surface area (Å²) in [6, 6.07) is 3.56. The van der Waals surface area contributed by atoms with Gasteiger partial charge in [0, 0.05) is 42.8 Å². The zero-order chi connectivity index (χ0) is 20.8. The highest BCUT2D eigenvalue weighted by Gasteiger charge is 2.32. The Morgan fingerprint density at radius 1 is 1.31 bits per heavy atom. The summed E-state index contributed by atoms with van der Waals surface area (Å²) < 4.78 is 6.29. The third-order valence-electron chi connectivity index (χ3n) is 4.70. The van der Waals surface area contributed by atoms with Gasteiger partial charge in [0.2, 0.25) is 0 Å². The molecule has 0 bridgehead atoms. The van der Waals surface area contributed by atoms with E-state index in [1.165, 1.54) is 11.3 Å². The van der Waals surface area contributed by atoms with Gasteiger partial charge in [-0.05, 0) is 39.8 Å². The number of carbonyl (C=O) groups is 1. The molecule has 154 valence electrons. The lowest BCUT2D eigenvalue weighted by atomic mass is 10.2. The molecule has 3 aromatic rings. The number of aromatic nitrogens is 2. The third kappa shape index (κ3) is 4.02. The SMILES string of the molecule is C[C@@H]1CN(c2nc3c(-c4nccs4)ccc(O)c3s2)CCN1C(=O)OC(C)(C)C. The Morgan fingerprint density at radius 3 is 2.76 bits per heavy atom. The number of anilines is 1. The number of hydrogen-bond acceptors (Lipinski definition) is 8. The standard InChI is InChI=1S/C20H24N4O3S2/c1-12-11-23(8-9-24(12)19(26)27-20(2,3)4)18-22-15-13(17-21-7-10-28-17)5-6-14(25)16(15)29-18/h5-7,10,12,25H,8-9,11H2,1-4H3/t12-/m1/s1. The van der Waals surface area contributed by atoms with Gasteiger partial charge in [0.15, 0.2) is 5.13 Å². The van der Waals surface area contributed by atoms with Gasteiger partial charge >= 0.3 is 6.09 Å². The van der Waals surface area contributed by atoms with Crippen LogP contribution in [0.3, 0.4) is 0 Å². The number of phenolic OH excluding ortho intramolecular Hbond substituents is 1. The summed E-state index contributed by atoms with van der Waals surface area (Å²) in [5, 5.41) is 14.0. The van der Waals surface area contributed by atoms with Crippen LogP contribution >= 0.6 is 22.7 Å². The van der Waals surface area contributed by atoms with Crippen molar-refractivity contribution in [2.75, 3.05) is 24.5 Å². The number of thiazole rings is 2. The lowest BCUT2D eigenvalue weighted by molar-refractivity contribution is 0.0159. The number of nitrogens with zero attached hydrogens (tertiary/aromatic N) is 4. The molecule has 0 radical (unpaired) electrons. The van der Waals surface area contributed by atoms with Crippen molar-refractivity contribution < 1.29 is 14.6 Å².